The van der Waals surface area contributed by atoms with Gasteiger partial charge in [-0.2, -0.15) is 0 Å². The number of rotatable bonds is 3. The molecule has 5 rings (SSSR count). The van der Waals surface area contributed by atoms with Crippen molar-refractivity contribution in [1.29, 1.82) is 0 Å². The molecule has 0 atom stereocenters. The van der Waals surface area contributed by atoms with Gasteiger partial charge in [-0.25, -0.2) is 14.8 Å². The van der Waals surface area contributed by atoms with Gasteiger partial charge in [-0.15, -0.1) is 0 Å². The van der Waals surface area contributed by atoms with Crippen LogP contribution in [-0.2, 0) is 0 Å². The number of H-pyrrole nitrogens is 1. The third-order valence-corrected chi connectivity index (χ3v) is 5.83. The molecule has 32 heavy (non-hydrogen) atoms. The fourth-order valence-electron chi connectivity index (χ4n) is 4.23. The van der Waals surface area contributed by atoms with Crippen molar-refractivity contribution in [2.24, 2.45) is 0 Å². The Balaban J connectivity index is 1.62. The lowest BCUT2D eigenvalue weighted by atomic mass is 10.1. The number of urea groups is 1. The van der Waals surface area contributed by atoms with E-state index in [1.807, 2.05) is 39.8 Å². The van der Waals surface area contributed by atoms with E-state index in [1.165, 1.54) is 0 Å². The van der Waals surface area contributed by atoms with Gasteiger partial charge in [0.1, 0.15) is 28.6 Å². The first-order valence-corrected chi connectivity index (χ1v) is 10.4. The Morgan fingerprint density at radius 3 is 2.88 bits per heavy atom. The molecule has 0 unspecified atom stereocenters. The van der Waals surface area contributed by atoms with Crippen LogP contribution in [0.4, 0.5) is 10.6 Å². The number of anilines is 1. The van der Waals surface area contributed by atoms with Crippen LogP contribution >= 0.6 is 0 Å². The Morgan fingerprint density at radius 1 is 1.31 bits per heavy atom. The molecule has 0 saturated carbocycles. The Bertz CT molecular complexity index is 1370. The molecule has 3 N–H and O–H groups in total. The third kappa shape index (κ3) is 3.13. The second-order valence-electron chi connectivity index (χ2n) is 8.03. The highest BCUT2D eigenvalue weighted by atomic mass is 16.5. The number of methoxy groups -OCH3 is 1. The van der Waals surface area contributed by atoms with E-state index in [2.05, 4.69) is 16.0 Å². The van der Waals surface area contributed by atoms with Crippen LogP contribution in [0.25, 0.3) is 33.4 Å². The normalized spacial score (nSPS) is 14.1. The summed E-state index contributed by atoms with van der Waals surface area (Å²) in [4.78, 5) is 28.4. The van der Waals surface area contributed by atoms with E-state index >= 15 is 0 Å². The maximum atomic E-state index is 12.3. The van der Waals surface area contributed by atoms with Crippen LogP contribution in [0.2, 0.25) is 0 Å². The van der Waals surface area contributed by atoms with Gasteiger partial charge in [-0.05, 0) is 24.1 Å². The minimum Gasteiger partial charge on any atom is -0.495 e. The van der Waals surface area contributed by atoms with Gasteiger partial charge in [0, 0.05) is 45.0 Å². The van der Waals surface area contributed by atoms with Gasteiger partial charge in [0.05, 0.1) is 18.3 Å². The highest BCUT2D eigenvalue weighted by Crippen LogP contribution is 2.35. The Hall–Kier alpha value is -4.01. The molecule has 1 aliphatic rings. The number of carbonyl (C=O) groups is 1. The number of ether oxygens (including phenoxy) is 1. The zero-order chi connectivity index (χ0) is 22.4. The van der Waals surface area contributed by atoms with Gasteiger partial charge < -0.3 is 25.3 Å². The predicted molar refractivity (Wildman–Crippen MR) is 124 cm³/mol. The van der Waals surface area contributed by atoms with Crippen LogP contribution in [0, 0.1) is 0 Å². The summed E-state index contributed by atoms with van der Waals surface area (Å²) in [6.07, 6.45) is 6.32. The molecule has 0 spiro atoms. The topological polar surface area (TPSA) is 105 Å². The van der Waals surface area contributed by atoms with Crippen LogP contribution in [0.5, 0.6) is 5.75 Å². The van der Waals surface area contributed by atoms with Crippen molar-refractivity contribution in [3.63, 3.8) is 0 Å². The summed E-state index contributed by atoms with van der Waals surface area (Å²) < 4.78 is 7.48. The predicted octanol–water partition coefficient (Wildman–Crippen LogP) is 3.24. The second kappa shape index (κ2) is 7.60. The first-order valence-electron chi connectivity index (χ1n) is 10.4. The standard InChI is InChI=1S/C23H25N7O2/c1-28(2)23(31)29-10-7-14(8-11-29)22-27-19(20-21(24)25-9-12-30(20)22)16-13-15-5-4-6-17(32-3)18(15)26-16/h4-7,9,12-13,26H,8,10-11H2,1-3H3,(H2,24,25). The molecule has 9 nitrogen and oxygen atoms in total. The minimum absolute atomic E-state index is 0.00873. The van der Waals surface area contributed by atoms with E-state index in [4.69, 9.17) is 15.5 Å². The number of nitrogens with zero attached hydrogens (tertiary/aromatic N) is 5. The quantitative estimate of drug-likeness (QED) is 0.518. The molecule has 0 aliphatic carbocycles. The van der Waals surface area contributed by atoms with Crippen molar-refractivity contribution >= 4 is 33.8 Å². The number of nitrogens with one attached hydrogen (secondary N) is 1. The summed E-state index contributed by atoms with van der Waals surface area (Å²) in [5.74, 6) is 1.99. The van der Waals surface area contributed by atoms with E-state index < -0.39 is 0 Å². The number of aromatic amines is 1. The average molecular weight is 432 g/mol. The lowest BCUT2D eigenvalue weighted by molar-refractivity contribution is 0.176. The number of benzene rings is 1. The van der Waals surface area contributed by atoms with Gasteiger partial charge in [0.2, 0.25) is 0 Å². The maximum Gasteiger partial charge on any atom is 0.319 e. The molecule has 1 aliphatic heterocycles. The fraction of sp³-hybridized carbons (Fsp3) is 0.261. The number of nitrogen functional groups attached to an aromatic ring is 1. The van der Waals surface area contributed by atoms with Crippen molar-refractivity contribution in [2.75, 3.05) is 40.0 Å². The van der Waals surface area contributed by atoms with E-state index in [0.717, 1.165) is 45.0 Å². The maximum absolute atomic E-state index is 12.3. The van der Waals surface area contributed by atoms with Gasteiger partial charge in [-0.3, -0.25) is 4.40 Å². The van der Waals surface area contributed by atoms with Gasteiger partial charge in [0.15, 0.2) is 0 Å². The molecule has 2 amide bonds. The summed E-state index contributed by atoms with van der Waals surface area (Å²) in [5, 5.41) is 1.03. The number of carbonyl (C=O) groups excluding carboxylic acids is 1. The molecule has 9 heteroatoms. The highest BCUT2D eigenvalue weighted by Gasteiger charge is 2.24. The molecule has 0 fully saturated rings. The Kier molecular flexibility index (Phi) is 4.73. The van der Waals surface area contributed by atoms with Crippen molar-refractivity contribution in [3.8, 4) is 17.1 Å². The molecule has 1 aromatic carbocycles. The summed E-state index contributed by atoms with van der Waals surface area (Å²) in [6.45, 7) is 1.18. The van der Waals surface area contributed by atoms with Gasteiger partial charge in [0.25, 0.3) is 0 Å². The minimum atomic E-state index is 0.00873. The Labute approximate surface area is 185 Å². The van der Waals surface area contributed by atoms with E-state index in [0.29, 0.717) is 25.3 Å². The zero-order valence-electron chi connectivity index (χ0n) is 18.3. The van der Waals surface area contributed by atoms with Crippen LogP contribution in [-0.4, -0.2) is 69.5 Å². The summed E-state index contributed by atoms with van der Waals surface area (Å²) in [5.41, 5.74) is 10.6. The van der Waals surface area contributed by atoms with Gasteiger partial charge in [-0.1, -0.05) is 18.2 Å². The first-order chi connectivity index (χ1) is 15.5. The number of amides is 2. The number of fused-ring (bicyclic) bond motifs is 2. The van der Waals surface area contributed by atoms with Crippen LogP contribution in [0.3, 0.4) is 0 Å². The molecule has 4 aromatic rings. The monoisotopic (exact) mass is 431 g/mol. The number of hydrogen-bond donors (Lipinski definition) is 2. The molecular formula is C23H25N7O2. The number of imidazole rings is 1. The SMILES string of the molecule is COc1cccc2cc(-c3nc(C4=CCN(C(=O)N(C)C)CC4)n4ccnc(N)c34)[nH]c12. The molecule has 0 bridgehead atoms. The van der Waals surface area contributed by atoms with E-state index in [-0.39, 0.29) is 6.03 Å². The Morgan fingerprint density at radius 2 is 2.16 bits per heavy atom. The molecule has 4 heterocycles. The van der Waals surface area contributed by atoms with Gasteiger partial charge >= 0.3 is 6.03 Å². The fourth-order valence-corrected chi connectivity index (χ4v) is 4.23. The third-order valence-electron chi connectivity index (χ3n) is 5.83. The molecular weight excluding hydrogens is 406 g/mol. The van der Waals surface area contributed by atoms with Crippen molar-refractivity contribution in [2.45, 2.75) is 6.42 Å². The van der Waals surface area contributed by atoms with Crippen LogP contribution in [0.1, 0.15) is 12.2 Å². The summed E-state index contributed by atoms with van der Waals surface area (Å²) in [6, 6.07) is 7.96. The smallest absolute Gasteiger partial charge is 0.319 e. The summed E-state index contributed by atoms with van der Waals surface area (Å²) in [7, 11) is 5.18. The molecule has 0 saturated heterocycles. The molecule has 0 radical (unpaired) electrons. The van der Waals surface area contributed by atoms with Crippen LogP contribution < -0.4 is 10.5 Å². The van der Waals surface area contributed by atoms with Crippen molar-refractivity contribution in [3.05, 3.63) is 48.6 Å². The lowest BCUT2D eigenvalue weighted by Crippen LogP contribution is -2.41. The van der Waals surface area contributed by atoms with Crippen molar-refractivity contribution < 1.29 is 9.53 Å². The lowest BCUT2D eigenvalue weighted by Gasteiger charge is -2.28. The number of para-hydroxylation sites is 1. The first kappa shape index (κ1) is 19.9. The molecule has 164 valence electrons. The summed E-state index contributed by atoms with van der Waals surface area (Å²) >= 11 is 0. The number of aromatic nitrogens is 4. The largest absolute Gasteiger partial charge is 0.495 e. The van der Waals surface area contributed by atoms with Crippen LogP contribution in [0.15, 0.2) is 42.7 Å². The number of hydrogen-bond acceptors (Lipinski definition) is 5. The second-order valence-corrected chi connectivity index (χ2v) is 8.03. The van der Waals surface area contributed by atoms with Crippen molar-refractivity contribution in [1.82, 2.24) is 29.2 Å². The highest BCUT2D eigenvalue weighted by molar-refractivity contribution is 5.94. The zero-order valence-corrected chi connectivity index (χ0v) is 18.3. The van der Waals surface area contributed by atoms with E-state index in [9.17, 15) is 4.79 Å². The van der Waals surface area contributed by atoms with E-state index in [1.54, 1.807) is 32.3 Å². The average Bonchev–Trinajstić information content (AvgIpc) is 3.41. The molecule has 3 aromatic heterocycles. The number of nitrogens with two attached hydrogens (primary N) is 1.